The third kappa shape index (κ3) is 6.13. The molecule has 0 saturated heterocycles. The van der Waals surface area contributed by atoms with E-state index in [9.17, 15) is 9.59 Å². The molecule has 122 valence electrons. The molecule has 0 spiro atoms. The minimum atomic E-state index is -0.552. The number of nitrogens with one attached hydrogen (secondary N) is 1. The second-order valence-corrected chi connectivity index (χ2v) is 5.26. The summed E-state index contributed by atoms with van der Waals surface area (Å²) in [6, 6.07) is 1.29. The first kappa shape index (κ1) is 18.0. The third-order valence-electron chi connectivity index (χ3n) is 2.69. The van der Waals surface area contributed by atoms with Gasteiger partial charge in [-0.15, -0.1) is 0 Å². The number of amides is 1. The number of rotatable bonds is 9. The van der Waals surface area contributed by atoms with Gasteiger partial charge in [-0.1, -0.05) is 26.5 Å². The standard InChI is InChI=1S/C16H23NO5/c1-5-6-20-15-10-22-13(7-14(15)18)8-17-16(19)12(4)21-9-11(2)3/h5,7,10-12H,1,6,8-9H2,2-4H3,(H,17,19). The highest BCUT2D eigenvalue weighted by Crippen LogP contribution is 2.06. The van der Waals surface area contributed by atoms with Gasteiger partial charge in [-0.2, -0.15) is 0 Å². The second-order valence-electron chi connectivity index (χ2n) is 5.26. The Labute approximate surface area is 130 Å². The molecule has 0 bridgehead atoms. The molecule has 1 rings (SSSR count). The Morgan fingerprint density at radius 2 is 2.18 bits per heavy atom. The minimum Gasteiger partial charge on any atom is -0.482 e. The van der Waals surface area contributed by atoms with Crippen molar-refractivity contribution in [2.75, 3.05) is 13.2 Å². The summed E-state index contributed by atoms with van der Waals surface area (Å²) < 4.78 is 15.8. The van der Waals surface area contributed by atoms with E-state index in [-0.39, 0.29) is 30.2 Å². The molecule has 6 heteroatoms. The largest absolute Gasteiger partial charge is 0.482 e. The summed E-state index contributed by atoms with van der Waals surface area (Å²) in [6.45, 7) is 10.1. The fourth-order valence-electron chi connectivity index (χ4n) is 1.52. The Morgan fingerprint density at radius 1 is 1.45 bits per heavy atom. The maximum absolute atomic E-state index is 11.8. The van der Waals surface area contributed by atoms with Gasteiger partial charge in [0.2, 0.25) is 17.1 Å². The molecule has 6 nitrogen and oxygen atoms in total. The first-order chi connectivity index (χ1) is 10.4. The smallest absolute Gasteiger partial charge is 0.249 e. The third-order valence-corrected chi connectivity index (χ3v) is 2.69. The van der Waals surface area contributed by atoms with E-state index >= 15 is 0 Å². The van der Waals surface area contributed by atoms with Crippen LogP contribution in [0.1, 0.15) is 26.5 Å². The van der Waals surface area contributed by atoms with Crippen molar-refractivity contribution in [2.24, 2.45) is 5.92 Å². The van der Waals surface area contributed by atoms with E-state index < -0.39 is 6.10 Å². The van der Waals surface area contributed by atoms with Gasteiger partial charge in [0.1, 0.15) is 24.7 Å². The fraction of sp³-hybridized carbons (Fsp3) is 0.500. The van der Waals surface area contributed by atoms with E-state index in [4.69, 9.17) is 13.9 Å². The fourth-order valence-corrected chi connectivity index (χ4v) is 1.52. The topological polar surface area (TPSA) is 77.8 Å². The van der Waals surface area contributed by atoms with Crippen LogP contribution >= 0.6 is 0 Å². The molecule has 22 heavy (non-hydrogen) atoms. The normalized spacial score (nSPS) is 12.0. The van der Waals surface area contributed by atoms with Gasteiger partial charge in [0.25, 0.3) is 0 Å². The lowest BCUT2D eigenvalue weighted by Crippen LogP contribution is -2.34. The van der Waals surface area contributed by atoms with E-state index in [1.54, 1.807) is 6.92 Å². The lowest BCUT2D eigenvalue weighted by atomic mass is 10.2. The number of hydrogen-bond acceptors (Lipinski definition) is 5. The first-order valence-electron chi connectivity index (χ1n) is 7.18. The van der Waals surface area contributed by atoms with E-state index in [2.05, 4.69) is 11.9 Å². The van der Waals surface area contributed by atoms with Gasteiger partial charge in [0.15, 0.2) is 0 Å². The molecule has 1 N–H and O–H groups in total. The number of carbonyl (C=O) groups is 1. The van der Waals surface area contributed by atoms with Crippen LogP contribution in [0.2, 0.25) is 0 Å². The van der Waals surface area contributed by atoms with Crippen LogP contribution in [-0.2, 0) is 16.1 Å². The van der Waals surface area contributed by atoms with Gasteiger partial charge < -0.3 is 19.2 Å². The van der Waals surface area contributed by atoms with Crippen molar-refractivity contribution >= 4 is 5.91 Å². The minimum absolute atomic E-state index is 0.114. The maximum Gasteiger partial charge on any atom is 0.249 e. The Balaban J connectivity index is 2.50. The number of ether oxygens (including phenoxy) is 2. The Morgan fingerprint density at radius 3 is 2.77 bits per heavy atom. The molecule has 1 aromatic heterocycles. The van der Waals surface area contributed by atoms with E-state index in [1.807, 2.05) is 13.8 Å². The average molecular weight is 309 g/mol. The quantitative estimate of drug-likeness (QED) is 0.705. The van der Waals surface area contributed by atoms with Crippen molar-refractivity contribution in [3.8, 4) is 5.75 Å². The summed E-state index contributed by atoms with van der Waals surface area (Å²) in [5.41, 5.74) is -0.304. The highest BCUT2D eigenvalue weighted by molar-refractivity contribution is 5.80. The van der Waals surface area contributed by atoms with Crippen molar-refractivity contribution < 1.29 is 18.7 Å². The van der Waals surface area contributed by atoms with Crippen molar-refractivity contribution in [1.29, 1.82) is 0 Å². The lowest BCUT2D eigenvalue weighted by Gasteiger charge is -2.14. The Hall–Kier alpha value is -2.08. The molecule has 0 aliphatic heterocycles. The molecule has 1 unspecified atom stereocenters. The lowest BCUT2D eigenvalue weighted by molar-refractivity contribution is -0.132. The summed E-state index contributed by atoms with van der Waals surface area (Å²) in [7, 11) is 0. The zero-order valence-corrected chi connectivity index (χ0v) is 13.3. The Bertz CT molecular complexity index is 550. The summed E-state index contributed by atoms with van der Waals surface area (Å²) in [4.78, 5) is 23.6. The van der Waals surface area contributed by atoms with Crippen LogP contribution in [0, 0.1) is 5.92 Å². The summed E-state index contributed by atoms with van der Waals surface area (Å²) in [6.07, 6.45) is 2.21. The predicted molar refractivity (Wildman–Crippen MR) is 82.8 cm³/mol. The number of hydrogen-bond donors (Lipinski definition) is 1. The molecule has 0 aromatic carbocycles. The van der Waals surface area contributed by atoms with Crippen molar-refractivity contribution in [2.45, 2.75) is 33.4 Å². The van der Waals surface area contributed by atoms with Gasteiger partial charge in [0.05, 0.1) is 6.54 Å². The van der Waals surface area contributed by atoms with Crippen molar-refractivity contribution in [3.05, 3.63) is 41.0 Å². The molecule has 1 aromatic rings. The second kappa shape index (κ2) is 9.04. The van der Waals surface area contributed by atoms with Crippen molar-refractivity contribution in [1.82, 2.24) is 5.32 Å². The van der Waals surface area contributed by atoms with E-state index in [0.717, 1.165) is 0 Å². The van der Waals surface area contributed by atoms with Crippen LogP contribution in [-0.4, -0.2) is 25.2 Å². The summed E-state index contributed by atoms with van der Waals surface area (Å²) >= 11 is 0. The molecule has 0 aliphatic rings. The monoisotopic (exact) mass is 309 g/mol. The molecule has 0 radical (unpaired) electrons. The average Bonchev–Trinajstić information content (AvgIpc) is 2.49. The first-order valence-corrected chi connectivity index (χ1v) is 7.18. The highest BCUT2D eigenvalue weighted by Gasteiger charge is 2.14. The van der Waals surface area contributed by atoms with E-state index in [0.29, 0.717) is 18.3 Å². The SMILES string of the molecule is C=CCOc1coc(CNC(=O)C(C)OCC(C)C)cc1=O. The van der Waals surface area contributed by atoms with E-state index in [1.165, 1.54) is 18.4 Å². The zero-order chi connectivity index (χ0) is 16.5. The van der Waals surface area contributed by atoms with Crippen LogP contribution < -0.4 is 15.5 Å². The molecular weight excluding hydrogens is 286 g/mol. The van der Waals surface area contributed by atoms with Crippen LogP contribution in [0.4, 0.5) is 0 Å². The highest BCUT2D eigenvalue weighted by atomic mass is 16.5. The zero-order valence-electron chi connectivity index (χ0n) is 13.3. The van der Waals surface area contributed by atoms with Crippen LogP contribution in [0.3, 0.4) is 0 Å². The molecule has 1 heterocycles. The molecule has 0 aliphatic carbocycles. The van der Waals surface area contributed by atoms with Crippen LogP contribution in [0.15, 0.2) is 34.2 Å². The molecule has 0 saturated carbocycles. The van der Waals surface area contributed by atoms with Crippen molar-refractivity contribution in [3.63, 3.8) is 0 Å². The van der Waals surface area contributed by atoms with Gasteiger partial charge in [-0.05, 0) is 12.8 Å². The Kier molecular flexibility index (Phi) is 7.39. The summed E-state index contributed by atoms with van der Waals surface area (Å²) in [5, 5.41) is 2.66. The maximum atomic E-state index is 11.8. The molecular formula is C16H23NO5. The van der Waals surface area contributed by atoms with Gasteiger partial charge >= 0.3 is 0 Å². The number of carbonyl (C=O) groups excluding carboxylic acids is 1. The predicted octanol–water partition coefficient (Wildman–Crippen LogP) is 1.88. The van der Waals surface area contributed by atoms with Crippen LogP contribution in [0.25, 0.3) is 0 Å². The van der Waals surface area contributed by atoms with Gasteiger partial charge in [0, 0.05) is 12.7 Å². The van der Waals surface area contributed by atoms with Gasteiger partial charge in [-0.25, -0.2) is 0 Å². The van der Waals surface area contributed by atoms with Crippen LogP contribution in [0.5, 0.6) is 5.75 Å². The molecule has 0 fully saturated rings. The molecule has 1 amide bonds. The summed E-state index contributed by atoms with van der Waals surface area (Å²) in [5.74, 6) is 0.565. The van der Waals surface area contributed by atoms with Gasteiger partial charge in [-0.3, -0.25) is 9.59 Å². The molecule has 1 atom stereocenters.